The van der Waals surface area contributed by atoms with E-state index >= 15 is 0 Å². The molecule has 0 bridgehead atoms. The zero-order chi connectivity index (χ0) is 26.4. The number of carbonyl (C=O) groups is 1. The van der Waals surface area contributed by atoms with E-state index in [4.69, 9.17) is 4.74 Å². The fourth-order valence-electron chi connectivity index (χ4n) is 3.93. The molecule has 0 aliphatic carbocycles. The fraction of sp³-hybridized carbons (Fsp3) is 0.357. The highest BCUT2D eigenvalue weighted by molar-refractivity contribution is 6.50. The third-order valence-corrected chi connectivity index (χ3v) is 5.56. The molecular formula is C28H34BF4NO2. The lowest BCUT2D eigenvalue weighted by Crippen LogP contribution is -2.43. The average molecular weight is 503 g/mol. The summed E-state index contributed by atoms with van der Waals surface area (Å²) in [5.74, 6) is -0.261. The number of pyridine rings is 1. The van der Waals surface area contributed by atoms with Gasteiger partial charge in [-0.2, -0.15) is 4.57 Å². The molecule has 3 rings (SSSR count). The second-order valence-electron chi connectivity index (χ2n) is 8.38. The molecule has 0 amide bonds. The maximum atomic E-state index is 13.0. The van der Waals surface area contributed by atoms with Crippen LogP contribution in [0.5, 0.6) is 0 Å². The third kappa shape index (κ3) is 10.2. The summed E-state index contributed by atoms with van der Waals surface area (Å²) in [4.78, 5) is 13.0. The topological polar surface area (TPSA) is 30.2 Å². The predicted molar refractivity (Wildman–Crippen MR) is 137 cm³/mol. The molecule has 194 valence electrons. The monoisotopic (exact) mass is 503 g/mol. The molecule has 2 aromatic carbocycles. The van der Waals surface area contributed by atoms with E-state index in [0.717, 1.165) is 35.3 Å². The number of rotatable bonds is 11. The Morgan fingerprint density at radius 1 is 0.750 bits per heavy atom. The van der Waals surface area contributed by atoms with Crippen LogP contribution < -0.4 is 4.57 Å². The Kier molecular flexibility index (Phi) is 12.2. The smallest absolute Gasteiger partial charge is 0.458 e. The van der Waals surface area contributed by atoms with Crippen molar-refractivity contribution in [2.24, 2.45) is 0 Å². The number of esters is 1. The van der Waals surface area contributed by atoms with Gasteiger partial charge in [0.25, 0.3) is 5.69 Å². The summed E-state index contributed by atoms with van der Waals surface area (Å²) < 4.78 is 46.6. The van der Waals surface area contributed by atoms with E-state index in [9.17, 15) is 22.1 Å². The van der Waals surface area contributed by atoms with Crippen molar-refractivity contribution in [3.8, 4) is 22.4 Å². The number of nitrogens with zero attached hydrogens (tertiary/aromatic N) is 1. The van der Waals surface area contributed by atoms with Crippen LogP contribution in [0.4, 0.5) is 17.3 Å². The molecular weight excluding hydrogens is 469 g/mol. The van der Waals surface area contributed by atoms with E-state index in [-0.39, 0.29) is 5.97 Å². The average Bonchev–Trinajstić information content (AvgIpc) is 2.86. The van der Waals surface area contributed by atoms with E-state index in [0.29, 0.717) is 12.3 Å². The number of ether oxygens (including phenoxy) is 1. The normalized spacial score (nSPS) is 10.9. The van der Waals surface area contributed by atoms with Crippen LogP contribution in [0.25, 0.3) is 22.4 Å². The van der Waals surface area contributed by atoms with Gasteiger partial charge in [0.15, 0.2) is 0 Å². The molecule has 0 aliphatic heterocycles. The highest BCUT2D eigenvalue weighted by Crippen LogP contribution is 2.26. The number of unbranched alkanes of at least 4 members (excludes halogenated alkanes) is 5. The van der Waals surface area contributed by atoms with Crippen molar-refractivity contribution in [1.29, 1.82) is 0 Å². The Balaban J connectivity index is 0.000000830. The van der Waals surface area contributed by atoms with Crippen molar-refractivity contribution < 1.29 is 31.4 Å². The molecule has 8 heteroatoms. The van der Waals surface area contributed by atoms with Crippen LogP contribution in [0.1, 0.15) is 62.9 Å². The van der Waals surface area contributed by atoms with Crippen LogP contribution in [0, 0.1) is 0 Å². The largest absolute Gasteiger partial charge is 0.673 e. The van der Waals surface area contributed by atoms with Crippen molar-refractivity contribution in [3.05, 3.63) is 78.5 Å². The first kappa shape index (κ1) is 29.1. The van der Waals surface area contributed by atoms with E-state index in [2.05, 4.69) is 41.8 Å². The first-order chi connectivity index (χ1) is 17.2. The number of halogens is 4. The van der Waals surface area contributed by atoms with E-state index in [1.165, 1.54) is 32.1 Å². The van der Waals surface area contributed by atoms with Gasteiger partial charge in [0.2, 0.25) is 5.69 Å². The van der Waals surface area contributed by atoms with Gasteiger partial charge in [-0.05, 0) is 36.6 Å². The molecule has 0 aliphatic rings. The summed E-state index contributed by atoms with van der Waals surface area (Å²) >= 11 is 0. The highest BCUT2D eigenvalue weighted by atomic mass is 19.5. The number of hydrogen-bond acceptors (Lipinski definition) is 2. The van der Waals surface area contributed by atoms with Crippen molar-refractivity contribution in [3.63, 3.8) is 0 Å². The minimum atomic E-state index is -6.00. The third-order valence-electron chi connectivity index (χ3n) is 5.56. The Hall–Kier alpha value is -3.16. The van der Waals surface area contributed by atoms with E-state index in [1.807, 2.05) is 49.4 Å². The molecule has 0 N–H and O–H groups in total. The predicted octanol–water partition coefficient (Wildman–Crippen LogP) is 8.15. The standard InChI is InChI=1S/C28H34NO2.BF4/c1-3-5-6-7-8-15-20-29-26(24-18-13-10-14-19-24)21-25(23-16-11-9-12-17-23)22-27(29)28(30)31-4-2;2-1(3,4)5/h9-14,16-19,21-22H,3-8,15,20H2,1-2H3;/q+1;-1. The van der Waals surface area contributed by atoms with Crippen molar-refractivity contribution in [1.82, 2.24) is 0 Å². The van der Waals surface area contributed by atoms with Crippen molar-refractivity contribution >= 4 is 13.2 Å². The van der Waals surface area contributed by atoms with Gasteiger partial charge in [-0.1, -0.05) is 81.1 Å². The second-order valence-corrected chi connectivity index (χ2v) is 8.38. The summed E-state index contributed by atoms with van der Waals surface area (Å²) in [7, 11) is -6.00. The van der Waals surface area contributed by atoms with Gasteiger partial charge in [-0.3, -0.25) is 0 Å². The summed E-state index contributed by atoms with van der Waals surface area (Å²) in [6.45, 7) is 5.27. The van der Waals surface area contributed by atoms with Crippen LogP contribution >= 0.6 is 0 Å². The molecule has 1 heterocycles. The molecule has 0 radical (unpaired) electrons. The number of benzene rings is 2. The highest BCUT2D eigenvalue weighted by Gasteiger charge is 2.27. The van der Waals surface area contributed by atoms with Crippen LogP contribution in [0.15, 0.2) is 72.8 Å². The Labute approximate surface area is 211 Å². The van der Waals surface area contributed by atoms with E-state index < -0.39 is 7.25 Å². The van der Waals surface area contributed by atoms with Crippen LogP contribution in [0.2, 0.25) is 0 Å². The van der Waals surface area contributed by atoms with Crippen molar-refractivity contribution in [2.75, 3.05) is 6.61 Å². The lowest BCUT2D eigenvalue weighted by Gasteiger charge is -2.12. The lowest BCUT2D eigenvalue weighted by molar-refractivity contribution is -0.689. The molecule has 0 saturated carbocycles. The molecule has 0 unspecified atom stereocenters. The Morgan fingerprint density at radius 2 is 1.28 bits per heavy atom. The number of aromatic nitrogens is 1. The van der Waals surface area contributed by atoms with Gasteiger partial charge in [0, 0.05) is 24.1 Å². The van der Waals surface area contributed by atoms with Gasteiger partial charge in [0.1, 0.15) is 6.54 Å². The van der Waals surface area contributed by atoms with E-state index in [1.54, 1.807) is 0 Å². The quantitative estimate of drug-likeness (QED) is 0.0869. The maximum Gasteiger partial charge on any atom is 0.673 e. The van der Waals surface area contributed by atoms with Gasteiger partial charge >= 0.3 is 13.2 Å². The summed E-state index contributed by atoms with van der Waals surface area (Å²) in [6, 6.07) is 24.7. The minimum Gasteiger partial charge on any atom is -0.458 e. The summed E-state index contributed by atoms with van der Waals surface area (Å²) in [5.41, 5.74) is 4.91. The van der Waals surface area contributed by atoms with Crippen LogP contribution in [-0.4, -0.2) is 19.8 Å². The SMILES string of the molecule is CCCCCCCC[n+]1c(C(=O)OCC)cc(-c2ccccc2)cc1-c1ccccc1.F[B-](F)(F)F. The number of hydrogen-bond donors (Lipinski definition) is 0. The van der Waals surface area contributed by atoms with Gasteiger partial charge in [-0.15, -0.1) is 0 Å². The summed E-state index contributed by atoms with van der Waals surface area (Å²) in [5, 5.41) is 0. The maximum absolute atomic E-state index is 13.0. The van der Waals surface area contributed by atoms with Crippen LogP contribution in [-0.2, 0) is 11.3 Å². The molecule has 0 spiro atoms. The fourth-order valence-corrected chi connectivity index (χ4v) is 3.93. The second kappa shape index (κ2) is 15.1. The zero-order valence-electron chi connectivity index (χ0n) is 20.9. The van der Waals surface area contributed by atoms with Gasteiger partial charge < -0.3 is 22.0 Å². The van der Waals surface area contributed by atoms with Gasteiger partial charge in [-0.25, -0.2) is 4.79 Å². The first-order valence-electron chi connectivity index (χ1n) is 12.5. The molecule has 36 heavy (non-hydrogen) atoms. The molecule has 0 fully saturated rings. The Morgan fingerprint density at radius 3 is 1.83 bits per heavy atom. The molecule has 3 aromatic rings. The van der Waals surface area contributed by atoms with Crippen molar-refractivity contribution in [2.45, 2.75) is 58.9 Å². The Bertz CT molecular complexity index is 1050. The molecule has 0 saturated heterocycles. The van der Waals surface area contributed by atoms with Crippen LogP contribution in [0.3, 0.4) is 0 Å². The lowest BCUT2D eigenvalue weighted by atomic mass is 10.0. The zero-order valence-corrected chi connectivity index (χ0v) is 20.9. The van der Waals surface area contributed by atoms with Gasteiger partial charge in [0.05, 0.1) is 6.61 Å². The minimum absolute atomic E-state index is 0.261. The first-order valence-corrected chi connectivity index (χ1v) is 12.5. The number of carbonyl (C=O) groups excluding carboxylic acids is 1. The summed E-state index contributed by atoms with van der Waals surface area (Å²) in [6.07, 6.45) is 7.29. The molecule has 3 nitrogen and oxygen atoms in total. The molecule has 1 aromatic heterocycles. The molecule has 0 atom stereocenters.